The summed E-state index contributed by atoms with van der Waals surface area (Å²) in [5.41, 5.74) is 0.338. The molecule has 2 bridgehead atoms. The van der Waals surface area contributed by atoms with Crippen molar-refractivity contribution in [1.29, 1.82) is 0 Å². The van der Waals surface area contributed by atoms with Crippen molar-refractivity contribution < 1.29 is 24.1 Å². The SMILES string of the molecule is CC(C)(C)OC(=O)N1C2CCCC1CC(O)(c1cccc(C3OCCO3)c1)C2. The molecular weight excluding hydrogens is 358 g/mol. The fourth-order valence-electron chi connectivity index (χ4n) is 4.80. The standard InChI is InChI=1S/C22H31NO5/c1-21(2,3)28-20(24)23-17-8-5-9-18(23)14-22(25,13-17)16-7-4-6-15(12-16)19-26-10-11-27-19/h4,6-7,12,17-19,25H,5,8-11,13-14H2,1-3H3. The molecule has 3 aliphatic rings. The lowest BCUT2D eigenvalue weighted by atomic mass is 9.72. The molecule has 2 unspecified atom stereocenters. The molecule has 0 saturated carbocycles. The van der Waals surface area contributed by atoms with Gasteiger partial charge in [0.2, 0.25) is 0 Å². The number of carbonyl (C=O) groups excluding carboxylic acids is 1. The fourth-order valence-corrected chi connectivity index (χ4v) is 4.80. The van der Waals surface area contributed by atoms with Crippen LogP contribution in [-0.4, -0.2) is 47.0 Å². The van der Waals surface area contributed by atoms with Gasteiger partial charge in [-0.2, -0.15) is 0 Å². The zero-order chi connectivity index (χ0) is 19.9. The van der Waals surface area contributed by atoms with Crippen LogP contribution in [0.3, 0.4) is 0 Å². The summed E-state index contributed by atoms with van der Waals surface area (Å²) in [6.07, 6.45) is 3.31. The Labute approximate surface area is 166 Å². The zero-order valence-electron chi connectivity index (χ0n) is 17.0. The van der Waals surface area contributed by atoms with Gasteiger partial charge in [0.05, 0.1) is 18.8 Å². The zero-order valence-corrected chi connectivity index (χ0v) is 17.0. The average molecular weight is 389 g/mol. The van der Waals surface area contributed by atoms with E-state index in [1.807, 2.05) is 49.9 Å². The third-order valence-corrected chi connectivity index (χ3v) is 5.93. The number of hydrogen-bond acceptors (Lipinski definition) is 5. The second-order valence-corrected chi connectivity index (χ2v) is 9.26. The third-order valence-electron chi connectivity index (χ3n) is 5.93. The highest BCUT2D eigenvalue weighted by molar-refractivity contribution is 5.69. The number of piperidine rings is 2. The lowest BCUT2D eigenvalue weighted by Crippen LogP contribution is -2.59. The molecule has 0 radical (unpaired) electrons. The molecule has 3 heterocycles. The molecule has 0 aliphatic carbocycles. The van der Waals surface area contributed by atoms with E-state index >= 15 is 0 Å². The largest absolute Gasteiger partial charge is 0.444 e. The van der Waals surface area contributed by atoms with Crippen LogP contribution in [0.15, 0.2) is 24.3 Å². The van der Waals surface area contributed by atoms with Crippen LogP contribution in [0.4, 0.5) is 4.79 Å². The maximum atomic E-state index is 12.8. The summed E-state index contributed by atoms with van der Waals surface area (Å²) < 4.78 is 16.9. The first-order valence-corrected chi connectivity index (χ1v) is 10.3. The van der Waals surface area contributed by atoms with Crippen molar-refractivity contribution in [3.05, 3.63) is 35.4 Å². The van der Waals surface area contributed by atoms with Gasteiger partial charge >= 0.3 is 6.09 Å². The average Bonchev–Trinajstić information content (AvgIpc) is 3.14. The lowest BCUT2D eigenvalue weighted by Gasteiger charge is -2.52. The van der Waals surface area contributed by atoms with Gasteiger partial charge < -0.3 is 24.2 Å². The highest BCUT2D eigenvalue weighted by Gasteiger charge is 2.49. The van der Waals surface area contributed by atoms with Gasteiger partial charge in [-0.15, -0.1) is 0 Å². The van der Waals surface area contributed by atoms with Crippen LogP contribution in [0.2, 0.25) is 0 Å². The van der Waals surface area contributed by atoms with E-state index in [2.05, 4.69) is 0 Å². The van der Waals surface area contributed by atoms with Crippen LogP contribution in [0.5, 0.6) is 0 Å². The maximum Gasteiger partial charge on any atom is 0.410 e. The Morgan fingerprint density at radius 1 is 1.18 bits per heavy atom. The number of benzene rings is 1. The highest BCUT2D eigenvalue weighted by atomic mass is 16.7. The summed E-state index contributed by atoms with van der Waals surface area (Å²) in [5.74, 6) is 0. The van der Waals surface area contributed by atoms with Crippen molar-refractivity contribution in [2.75, 3.05) is 13.2 Å². The summed E-state index contributed by atoms with van der Waals surface area (Å²) >= 11 is 0. The fraction of sp³-hybridized carbons (Fsp3) is 0.682. The molecule has 1 aromatic carbocycles. The molecule has 6 heteroatoms. The van der Waals surface area contributed by atoms with Gasteiger partial charge in [0.1, 0.15) is 5.60 Å². The normalized spacial score (nSPS) is 31.1. The number of hydrogen-bond donors (Lipinski definition) is 1. The van der Waals surface area contributed by atoms with Gasteiger partial charge in [0, 0.05) is 30.5 Å². The number of amides is 1. The minimum Gasteiger partial charge on any atom is -0.444 e. The van der Waals surface area contributed by atoms with Crippen molar-refractivity contribution in [2.45, 2.75) is 82.5 Å². The molecule has 1 aromatic rings. The van der Waals surface area contributed by atoms with E-state index in [1.54, 1.807) is 0 Å². The Bertz CT molecular complexity index is 708. The molecule has 4 rings (SSSR count). The highest BCUT2D eigenvalue weighted by Crippen LogP contribution is 2.45. The van der Waals surface area contributed by atoms with Gasteiger partial charge in [0.15, 0.2) is 6.29 Å². The van der Waals surface area contributed by atoms with Crippen LogP contribution in [0, 0.1) is 0 Å². The monoisotopic (exact) mass is 389 g/mol. The van der Waals surface area contributed by atoms with Crippen molar-refractivity contribution >= 4 is 6.09 Å². The molecule has 6 nitrogen and oxygen atoms in total. The quantitative estimate of drug-likeness (QED) is 0.832. The van der Waals surface area contributed by atoms with Gasteiger partial charge in [-0.05, 0) is 51.7 Å². The molecule has 1 amide bonds. The predicted molar refractivity (Wildman–Crippen MR) is 104 cm³/mol. The summed E-state index contributed by atoms with van der Waals surface area (Å²) in [6.45, 7) is 6.85. The first-order chi connectivity index (χ1) is 13.3. The van der Waals surface area contributed by atoms with Crippen LogP contribution in [0.1, 0.15) is 70.3 Å². The number of ether oxygens (including phenoxy) is 3. The van der Waals surface area contributed by atoms with Crippen LogP contribution in [0.25, 0.3) is 0 Å². The smallest absolute Gasteiger partial charge is 0.410 e. The van der Waals surface area contributed by atoms with Crippen molar-refractivity contribution in [3.63, 3.8) is 0 Å². The first-order valence-electron chi connectivity index (χ1n) is 10.3. The summed E-state index contributed by atoms with van der Waals surface area (Å²) in [4.78, 5) is 14.7. The Morgan fingerprint density at radius 3 is 2.43 bits per heavy atom. The van der Waals surface area contributed by atoms with Gasteiger partial charge in [-0.3, -0.25) is 0 Å². The molecule has 1 N–H and O–H groups in total. The summed E-state index contributed by atoms with van der Waals surface area (Å²) in [7, 11) is 0. The number of aliphatic hydroxyl groups is 1. The van der Waals surface area contributed by atoms with Gasteiger partial charge in [0.25, 0.3) is 0 Å². The summed E-state index contributed by atoms with van der Waals surface area (Å²) in [5, 5.41) is 11.6. The molecular formula is C22H31NO5. The minimum atomic E-state index is -0.955. The molecule has 154 valence electrons. The predicted octanol–water partition coefficient (Wildman–Crippen LogP) is 3.87. The molecule has 2 atom stereocenters. The van der Waals surface area contributed by atoms with Crippen molar-refractivity contribution in [1.82, 2.24) is 4.90 Å². The number of fused-ring (bicyclic) bond motifs is 2. The van der Waals surface area contributed by atoms with E-state index in [0.29, 0.717) is 26.1 Å². The Morgan fingerprint density at radius 2 is 1.82 bits per heavy atom. The van der Waals surface area contributed by atoms with Gasteiger partial charge in [-0.25, -0.2) is 4.79 Å². The topological polar surface area (TPSA) is 68.2 Å². The first kappa shape index (κ1) is 19.7. The van der Waals surface area contributed by atoms with Crippen LogP contribution >= 0.6 is 0 Å². The lowest BCUT2D eigenvalue weighted by molar-refractivity contribution is -0.0967. The van der Waals surface area contributed by atoms with E-state index in [-0.39, 0.29) is 24.5 Å². The maximum absolute atomic E-state index is 12.8. The van der Waals surface area contributed by atoms with Crippen molar-refractivity contribution in [2.24, 2.45) is 0 Å². The molecule has 3 saturated heterocycles. The molecule has 0 spiro atoms. The Balaban J connectivity index is 1.56. The summed E-state index contributed by atoms with van der Waals surface area (Å²) in [6, 6.07) is 7.88. The second-order valence-electron chi connectivity index (χ2n) is 9.26. The van der Waals surface area contributed by atoms with E-state index < -0.39 is 11.2 Å². The number of carbonyl (C=O) groups is 1. The van der Waals surface area contributed by atoms with Crippen molar-refractivity contribution in [3.8, 4) is 0 Å². The number of nitrogens with zero attached hydrogens (tertiary/aromatic N) is 1. The molecule has 3 fully saturated rings. The Kier molecular flexibility index (Phi) is 5.14. The van der Waals surface area contributed by atoms with E-state index in [4.69, 9.17) is 14.2 Å². The molecule has 3 aliphatic heterocycles. The van der Waals surface area contributed by atoms with Crippen LogP contribution in [-0.2, 0) is 19.8 Å². The third kappa shape index (κ3) is 3.91. The Hall–Kier alpha value is -1.63. The van der Waals surface area contributed by atoms with E-state index in [9.17, 15) is 9.90 Å². The van der Waals surface area contributed by atoms with Gasteiger partial charge in [-0.1, -0.05) is 18.2 Å². The molecule has 0 aromatic heterocycles. The van der Waals surface area contributed by atoms with E-state index in [1.165, 1.54) is 0 Å². The second kappa shape index (κ2) is 7.32. The molecule has 28 heavy (non-hydrogen) atoms. The minimum absolute atomic E-state index is 0.00464. The van der Waals surface area contributed by atoms with E-state index in [0.717, 1.165) is 30.4 Å². The van der Waals surface area contributed by atoms with Crippen LogP contribution < -0.4 is 0 Å². The number of rotatable bonds is 2.